The van der Waals surface area contributed by atoms with Crippen LogP contribution < -0.4 is 5.32 Å². The van der Waals surface area contributed by atoms with Crippen molar-refractivity contribution in [3.63, 3.8) is 0 Å². The number of amides is 3. The van der Waals surface area contributed by atoms with E-state index in [-0.39, 0.29) is 53.9 Å². The Kier molecular flexibility index (Phi) is 7.85. The van der Waals surface area contributed by atoms with Gasteiger partial charge >= 0.3 is 0 Å². The van der Waals surface area contributed by atoms with Gasteiger partial charge in [0.2, 0.25) is 11.8 Å². The molecule has 7 unspecified atom stereocenters. The number of hydrogen-bond acceptors (Lipinski definition) is 4. The van der Waals surface area contributed by atoms with E-state index >= 15 is 0 Å². The molecule has 192 valence electrons. The van der Waals surface area contributed by atoms with Crippen molar-refractivity contribution in [2.45, 2.75) is 116 Å². The number of halogens is 1. The lowest BCUT2D eigenvalue weighted by Crippen LogP contribution is -2.68. The van der Waals surface area contributed by atoms with Crippen molar-refractivity contribution < 1.29 is 23.5 Å². The predicted octanol–water partition coefficient (Wildman–Crippen LogP) is 3.06. The van der Waals surface area contributed by atoms with E-state index in [4.69, 9.17) is 4.74 Å². The molecule has 8 heteroatoms. The topological polar surface area (TPSA) is 79.0 Å². The summed E-state index contributed by atoms with van der Waals surface area (Å²) in [6.07, 6.45) is 4.55. The molecule has 0 aromatic heterocycles. The summed E-state index contributed by atoms with van der Waals surface area (Å²) in [5.41, 5.74) is 0. The van der Waals surface area contributed by atoms with Gasteiger partial charge in [0, 0.05) is 32.2 Å². The van der Waals surface area contributed by atoms with Crippen LogP contribution in [0.3, 0.4) is 0 Å². The van der Waals surface area contributed by atoms with Gasteiger partial charge in [-0.15, -0.1) is 0 Å². The molecule has 2 saturated carbocycles. The molecule has 34 heavy (non-hydrogen) atoms. The van der Waals surface area contributed by atoms with Crippen LogP contribution in [-0.2, 0) is 19.1 Å². The fourth-order valence-electron chi connectivity index (χ4n) is 7.10. The number of alkyl halides is 1. The first-order chi connectivity index (χ1) is 16.2. The Balaban J connectivity index is 1.51. The van der Waals surface area contributed by atoms with E-state index in [0.29, 0.717) is 31.9 Å². The Morgan fingerprint density at radius 1 is 1.00 bits per heavy atom. The molecule has 2 aliphatic carbocycles. The molecular formula is C26H42FN3O4. The first-order valence-corrected chi connectivity index (χ1v) is 13.3. The summed E-state index contributed by atoms with van der Waals surface area (Å²) < 4.78 is 20.4. The molecule has 1 N–H and O–H groups in total. The van der Waals surface area contributed by atoms with Crippen molar-refractivity contribution in [1.82, 2.24) is 15.1 Å². The Hall–Kier alpha value is -1.70. The van der Waals surface area contributed by atoms with Crippen LogP contribution >= 0.6 is 0 Å². The van der Waals surface area contributed by atoms with Gasteiger partial charge in [0.25, 0.3) is 5.91 Å². The second kappa shape index (κ2) is 10.5. The van der Waals surface area contributed by atoms with Gasteiger partial charge in [-0.1, -0.05) is 0 Å². The number of ether oxygens (including phenoxy) is 1. The van der Waals surface area contributed by atoms with E-state index in [1.54, 1.807) is 6.92 Å². The van der Waals surface area contributed by atoms with Crippen molar-refractivity contribution in [1.29, 1.82) is 0 Å². The second-order valence-electron chi connectivity index (χ2n) is 11.3. The third kappa shape index (κ3) is 5.12. The number of hydrogen-bond donors (Lipinski definition) is 1. The van der Waals surface area contributed by atoms with Crippen LogP contribution in [0.25, 0.3) is 0 Å². The van der Waals surface area contributed by atoms with Crippen LogP contribution in [0.15, 0.2) is 0 Å². The molecule has 4 rings (SSSR count). The van der Waals surface area contributed by atoms with Crippen molar-refractivity contribution in [3.05, 3.63) is 0 Å². The van der Waals surface area contributed by atoms with Gasteiger partial charge in [0.15, 0.2) is 0 Å². The third-order valence-electron chi connectivity index (χ3n) is 8.61. The van der Waals surface area contributed by atoms with E-state index in [1.165, 1.54) is 0 Å². The van der Waals surface area contributed by atoms with Crippen LogP contribution in [-0.4, -0.2) is 77.1 Å². The Labute approximate surface area is 203 Å². The van der Waals surface area contributed by atoms with Gasteiger partial charge in [-0.25, -0.2) is 4.39 Å². The molecule has 4 fully saturated rings. The summed E-state index contributed by atoms with van der Waals surface area (Å²) in [7, 11) is 0. The highest BCUT2D eigenvalue weighted by Crippen LogP contribution is 2.45. The molecule has 8 atom stereocenters. The van der Waals surface area contributed by atoms with Crippen LogP contribution in [0.1, 0.15) is 79.1 Å². The molecule has 0 aromatic carbocycles. The summed E-state index contributed by atoms with van der Waals surface area (Å²) in [5.74, 6) is -0.0573. The van der Waals surface area contributed by atoms with E-state index in [0.717, 1.165) is 38.5 Å². The number of carbonyl (C=O) groups excluding carboxylic acids is 3. The molecule has 2 heterocycles. The maximum atomic E-state index is 14.7. The molecule has 0 radical (unpaired) electrons. The minimum atomic E-state index is -1.09. The standard InChI is InChI=1S/C26H42FN3O4/c1-15(2)28-25(32)20-12-18(7-9-21(20)27)19-8-10-22-23(13-19)29(14-16(3)30(22)17(4)31)26(33)24-6-5-11-34-24/h15-16,18-24H,5-14H2,1-4H3,(H,28,32)/t16-,18?,19?,20?,21?,22?,23?,24?/m0/s1. The monoisotopic (exact) mass is 479 g/mol. The summed E-state index contributed by atoms with van der Waals surface area (Å²) in [5, 5.41) is 2.90. The number of fused-ring (bicyclic) bond motifs is 1. The average Bonchev–Trinajstić information content (AvgIpc) is 3.32. The maximum Gasteiger partial charge on any atom is 0.252 e. The molecule has 3 amide bonds. The number of piperazine rings is 1. The smallest absolute Gasteiger partial charge is 0.252 e. The molecule has 2 aliphatic heterocycles. The SMILES string of the molecule is CC(=O)N1C2CCC(C3CCC(F)C(C(=O)NC(C)C)C3)CC2N(C(=O)C2CCCO2)C[C@@H]1C. The minimum Gasteiger partial charge on any atom is -0.368 e. The molecule has 0 spiro atoms. The summed E-state index contributed by atoms with van der Waals surface area (Å²) in [6.45, 7) is 8.61. The van der Waals surface area contributed by atoms with Gasteiger partial charge in [0.1, 0.15) is 12.3 Å². The van der Waals surface area contributed by atoms with Gasteiger partial charge in [-0.2, -0.15) is 0 Å². The van der Waals surface area contributed by atoms with Crippen molar-refractivity contribution in [2.24, 2.45) is 17.8 Å². The predicted molar refractivity (Wildman–Crippen MR) is 127 cm³/mol. The molecular weight excluding hydrogens is 437 g/mol. The third-order valence-corrected chi connectivity index (χ3v) is 8.61. The highest BCUT2D eigenvalue weighted by Gasteiger charge is 2.49. The van der Waals surface area contributed by atoms with Crippen molar-refractivity contribution in [2.75, 3.05) is 13.2 Å². The lowest BCUT2D eigenvalue weighted by molar-refractivity contribution is -0.160. The van der Waals surface area contributed by atoms with Crippen LogP contribution in [0, 0.1) is 17.8 Å². The Bertz CT molecular complexity index is 771. The number of nitrogens with one attached hydrogen (secondary N) is 1. The first-order valence-electron chi connectivity index (χ1n) is 13.3. The van der Waals surface area contributed by atoms with Gasteiger partial charge in [-0.3, -0.25) is 14.4 Å². The lowest BCUT2D eigenvalue weighted by atomic mass is 9.67. The number of carbonyl (C=O) groups is 3. The number of nitrogens with zero attached hydrogens (tertiary/aromatic N) is 2. The van der Waals surface area contributed by atoms with Gasteiger partial charge in [0.05, 0.1) is 18.0 Å². The lowest BCUT2D eigenvalue weighted by Gasteiger charge is -2.55. The molecule has 0 aromatic rings. The van der Waals surface area contributed by atoms with Crippen molar-refractivity contribution >= 4 is 17.7 Å². The minimum absolute atomic E-state index is 0.00492. The molecule has 7 nitrogen and oxygen atoms in total. The zero-order valence-corrected chi connectivity index (χ0v) is 21.2. The summed E-state index contributed by atoms with van der Waals surface area (Å²) in [6, 6.07) is -0.0524. The Morgan fingerprint density at radius 2 is 1.71 bits per heavy atom. The maximum absolute atomic E-state index is 14.7. The Morgan fingerprint density at radius 3 is 2.35 bits per heavy atom. The zero-order chi connectivity index (χ0) is 24.6. The molecule has 4 aliphatic rings. The van der Waals surface area contributed by atoms with E-state index < -0.39 is 12.1 Å². The van der Waals surface area contributed by atoms with Gasteiger partial charge < -0.3 is 19.9 Å². The zero-order valence-electron chi connectivity index (χ0n) is 21.2. The van der Waals surface area contributed by atoms with E-state index in [2.05, 4.69) is 5.32 Å². The average molecular weight is 480 g/mol. The van der Waals surface area contributed by atoms with Crippen LogP contribution in [0.4, 0.5) is 4.39 Å². The second-order valence-corrected chi connectivity index (χ2v) is 11.3. The summed E-state index contributed by atoms with van der Waals surface area (Å²) in [4.78, 5) is 42.6. The summed E-state index contributed by atoms with van der Waals surface area (Å²) >= 11 is 0. The molecule has 0 bridgehead atoms. The quantitative estimate of drug-likeness (QED) is 0.672. The first kappa shape index (κ1) is 25.4. The number of rotatable bonds is 4. The van der Waals surface area contributed by atoms with Crippen LogP contribution in [0.2, 0.25) is 0 Å². The largest absolute Gasteiger partial charge is 0.368 e. The van der Waals surface area contributed by atoms with E-state index in [9.17, 15) is 18.8 Å². The van der Waals surface area contributed by atoms with Crippen molar-refractivity contribution in [3.8, 4) is 0 Å². The fourth-order valence-corrected chi connectivity index (χ4v) is 7.10. The fraction of sp³-hybridized carbons (Fsp3) is 0.885. The van der Waals surface area contributed by atoms with Gasteiger partial charge in [-0.05, 0) is 84.0 Å². The molecule has 2 saturated heterocycles. The highest BCUT2D eigenvalue weighted by molar-refractivity contribution is 5.82. The highest BCUT2D eigenvalue weighted by atomic mass is 19.1. The normalized spacial score (nSPS) is 38.5. The van der Waals surface area contributed by atoms with Crippen LogP contribution in [0.5, 0.6) is 0 Å². The van der Waals surface area contributed by atoms with E-state index in [1.807, 2.05) is 30.6 Å².